The zero-order valence-electron chi connectivity index (χ0n) is 15.3. The Balaban J connectivity index is 1.81. The Morgan fingerprint density at radius 3 is 1.89 bits per heavy atom. The Kier molecular flexibility index (Phi) is 6.93. The molecule has 0 aliphatic rings. The summed E-state index contributed by atoms with van der Waals surface area (Å²) in [6.07, 6.45) is 0.455. The Bertz CT molecular complexity index is 799. The third kappa shape index (κ3) is 6.81. The second-order valence-corrected chi connectivity index (χ2v) is 6.45. The number of hydrogen-bond acceptors (Lipinski definition) is 4. The SMILES string of the molecule is CC(C)CC(=O)Nc1ccc(NC(=O)COc2ccc(C(N)=O)cc2)cc1. The summed E-state index contributed by atoms with van der Waals surface area (Å²) in [6, 6.07) is 13.0. The molecule has 7 heteroatoms. The van der Waals surface area contributed by atoms with Crippen molar-refractivity contribution in [2.24, 2.45) is 11.7 Å². The van der Waals surface area contributed by atoms with Crippen LogP contribution in [0, 0.1) is 5.92 Å². The van der Waals surface area contributed by atoms with Crippen LogP contribution in [-0.2, 0) is 9.59 Å². The van der Waals surface area contributed by atoms with Crippen molar-refractivity contribution in [2.45, 2.75) is 20.3 Å². The molecule has 0 aliphatic carbocycles. The highest BCUT2D eigenvalue weighted by Crippen LogP contribution is 2.15. The fourth-order valence-corrected chi connectivity index (χ4v) is 2.28. The molecule has 0 saturated carbocycles. The van der Waals surface area contributed by atoms with Gasteiger partial charge in [0.1, 0.15) is 5.75 Å². The van der Waals surface area contributed by atoms with Crippen LogP contribution >= 0.6 is 0 Å². The van der Waals surface area contributed by atoms with Gasteiger partial charge in [-0.15, -0.1) is 0 Å². The van der Waals surface area contributed by atoms with Crippen molar-refractivity contribution in [2.75, 3.05) is 17.2 Å². The highest BCUT2D eigenvalue weighted by Gasteiger charge is 2.07. The summed E-state index contributed by atoms with van der Waals surface area (Å²) in [5.41, 5.74) is 6.79. The van der Waals surface area contributed by atoms with E-state index in [-0.39, 0.29) is 24.3 Å². The highest BCUT2D eigenvalue weighted by atomic mass is 16.5. The van der Waals surface area contributed by atoms with Gasteiger partial charge >= 0.3 is 0 Å². The standard InChI is InChI=1S/C20H23N3O4/c1-13(2)11-18(24)22-15-5-7-16(8-6-15)23-19(25)12-27-17-9-3-14(4-10-17)20(21)26/h3-10,13H,11-12H2,1-2H3,(H2,21,26)(H,22,24)(H,23,25). The molecule has 3 amide bonds. The lowest BCUT2D eigenvalue weighted by molar-refractivity contribution is -0.118. The number of nitrogens with two attached hydrogens (primary N) is 1. The van der Waals surface area contributed by atoms with Crippen molar-refractivity contribution in [1.82, 2.24) is 0 Å². The third-order valence-corrected chi connectivity index (χ3v) is 3.55. The van der Waals surface area contributed by atoms with Gasteiger partial charge in [0.2, 0.25) is 11.8 Å². The minimum atomic E-state index is -0.525. The van der Waals surface area contributed by atoms with Crippen LogP contribution in [0.15, 0.2) is 48.5 Å². The molecule has 7 nitrogen and oxygen atoms in total. The van der Waals surface area contributed by atoms with Crippen LogP contribution in [0.3, 0.4) is 0 Å². The van der Waals surface area contributed by atoms with Gasteiger partial charge < -0.3 is 21.1 Å². The van der Waals surface area contributed by atoms with E-state index in [4.69, 9.17) is 10.5 Å². The lowest BCUT2D eigenvalue weighted by atomic mass is 10.1. The molecule has 0 saturated heterocycles. The van der Waals surface area contributed by atoms with Crippen LogP contribution in [-0.4, -0.2) is 24.3 Å². The van der Waals surface area contributed by atoms with E-state index >= 15 is 0 Å². The van der Waals surface area contributed by atoms with Gasteiger partial charge in [-0.05, 0) is 54.4 Å². The molecule has 0 fully saturated rings. The fourth-order valence-electron chi connectivity index (χ4n) is 2.28. The molecular formula is C20H23N3O4. The summed E-state index contributed by atoms with van der Waals surface area (Å²) >= 11 is 0. The normalized spacial score (nSPS) is 10.3. The largest absolute Gasteiger partial charge is 0.484 e. The Labute approximate surface area is 157 Å². The molecule has 4 N–H and O–H groups in total. The van der Waals surface area contributed by atoms with E-state index in [1.807, 2.05) is 13.8 Å². The molecule has 27 heavy (non-hydrogen) atoms. The molecule has 0 bridgehead atoms. The second-order valence-electron chi connectivity index (χ2n) is 6.45. The molecule has 0 unspecified atom stereocenters. The zero-order chi connectivity index (χ0) is 19.8. The van der Waals surface area contributed by atoms with Crippen LogP contribution in [0.4, 0.5) is 11.4 Å². The van der Waals surface area contributed by atoms with Gasteiger partial charge in [0.25, 0.3) is 5.91 Å². The number of carbonyl (C=O) groups is 3. The molecular weight excluding hydrogens is 346 g/mol. The van der Waals surface area contributed by atoms with Crippen molar-refractivity contribution in [3.63, 3.8) is 0 Å². The van der Waals surface area contributed by atoms with Gasteiger partial charge in [-0.25, -0.2) is 0 Å². The van der Waals surface area contributed by atoms with E-state index in [0.717, 1.165) is 0 Å². The quantitative estimate of drug-likeness (QED) is 0.664. The number of hydrogen-bond donors (Lipinski definition) is 3. The minimum Gasteiger partial charge on any atom is -0.484 e. The first-order valence-electron chi connectivity index (χ1n) is 8.56. The number of ether oxygens (including phenoxy) is 1. The molecule has 0 heterocycles. The summed E-state index contributed by atoms with van der Waals surface area (Å²) in [5, 5.41) is 5.51. The van der Waals surface area contributed by atoms with E-state index in [0.29, 0.717) is 29.1 Å². The zero-order valence-corrected chi connectivity index (χ0v) is 15.3. The first-order valence-corrected chi connectivity index (χ1v) is 8.56. The summed E-state index contributed by atoms with van der Waals surface area (Å²) in [6.45, 7) is 3.78. The predicted octanol–water partition coefficient (Wildman–Crippen LogP) is 2.79. The van der Waals surface area contributed by atoms with Crippen molar-refractivity contribution < 1.29 is 19.1 Å². The highest BCUT2D eigenvalue weighted by molar-refractivity contribution is 5.94. The molecule has 2 aromatic carbocycles. The van der Waals surface area contributed by atoms with E-state index in [1.54, 1.807) is 36.4 Å². The maximum atomic E-state index is 12.0. The fraction of sp³-hybridized carbons (Fsp3) is 0.250. The summed E-state index contributed by atoms with van der Waals surface area (Å²) in [5.74, 6) is -0.153. The predicted molar refractivity (Wildman–Crippen MR) is 104 cm³/mol. The molecule has 2 rings (SSSR count). The second kappa shape index (κ2) is 9.38. The van der Waals surface area contributed by atoms with Gasteiger partial charge in [-0.1, -0.05) is 13.8 Å². The average Bonchev–Trinajstić information content (AvgIpc) is 2.61. The maximum absolute atomic E-state index is 12.0. The van der Waals surface area contributed by atoms with Crippen molar-refractivity contribution in [1.29, 1.82) is 0 Å². The van der Waals surface area contributed by atoms with Gasteiger partial charge in [-0.2, -0.15) is 0 Å². The molecule has 0 spiro atoms. The summed E-state index contributed by atoms with van der Waals surface area (Å²) in [7, 11) is 0. The van der Waals surface area contributed by atoms with Crippen LogP contribution in [0.1, 0.15) is 30.6 Å². The van der Waals surface area contributed by atoms with Crippen molar-refractivity contribution in [3.8, 4) is 5.75 Å². The monoisotopic (exact) mass is 369 g/mol. The Morgan fingerprint density at radius 2 is 1.41 bits per heavy atom. The third-order valence-electron chi connectivity index (χ3n) is 3.55. The van der Waals surface area contributed by atoms with Gasteiger partial charge in [-0.3, -0.25) is 14.4 Å². The first kappa shape index (κ1) is 20.0. The summed E-state index contributed by atoms with van der Waals surface area (Å²) in [4.78, 5) is 34.7. The molecule has 0 radical (unpaired) electrons. The topological polar surface area (TPSA) is 111 Å². The smallest absolute Gasteiger partial charge is 0.262 e. The lowest BCUT2D eigenvalue weighted by Crippen LogP contribution is -2.20. The number of rotatable bonds is 8. The minimum absolute atomic E-state index is 0.0439. The van der Waals surface area contributed by atoms with Crippen LogP contribution in [0.5, 0.6) is 5.75 Å². The molecule has 0 aliphatic heterocycles. The first-order chi connectivity index (χ1) is 12.8. The number of primary amides is 1. The number of nitrogens with one attached hydrogen (secondary N) is 2. The average molecular weight is 369 g/mol. The summed E-state index contributed by atoms with van der Waals surface area (Å²) < 4.78 is 5.37. The van der Waals surface area contributed by atoms with E-state index in [1.165, 1.54) is 12.1 Å². The maximum Gasteiger partial charge on any atom is 0.262 e. The molecule has 0 aromatic heterocycles. The van der Waals surface area contributed by atoms with Crippen LogP contribution in [0.25, 0.3) is 0 Å². The van der Waals surface area contributed by atoms with Crippen LogP contribution in [0.2, 0.25) is 0 Å². The molecule has 2 aromatic rings. The van der Waals surface area contributed by atoms with Crippen molar-refractivity contribution >= 4 is 29.1 Å². The molecule has 0 atom stereocenters. The number of amides is 3. The number of carbonyl (C=O) groups excluding carboxylic acids is 3. The Morgan fingerprint density at radius 1 is 0.889 bits per heavy atom. The van der Waals surface area contributed by atoms with Crippen molar-refractivity contribution in [3.05, 3.63) is 54.1 Å². The van der Waals surface area contributed by atoms with E-state index in [9.17, 15) is 14.4 Å². The molecule has 142 valence electrons. The number of benzene rings is 2. The van der Waals surface area contributed by atoms with Gasteiger partial charge in [0.05, 0.1) is 0 Å². The van der Waals surface area contributed by atoms with E-state index in [2.05, 4.69) is 10.6 Å². The van der Waals surface area contributed by atoms with Gasteiger partial charge in [0, 0.05) is 23.4 Å². The van der Waals surface area contributed by atoms with Crippen LogP contribution < -0.4 is 21.1 Å². The Hall–Kier alpha value is -3.35. The number of anilines is 2. The van der Waals surface area contributed by atoms with Gasteiger partial charge in [0.15, 0.2) is 6.61 Å². The lowest BCUT2D eigenvalue weighted by Gasteiger charge is -2.10. The van der Waals surface area contributed by atoms with E-state index < -0.39 is 5.91 Å².